The molecule has 0 bridgehead atoms. The maximum atomic E-state index is 12.3. The number of nitrogens with zero attached hydrogens (tertiary/aromatic N) is 2. The van der Waals surface area contributed by atoms with E-state index in [-0.39, 0.29) is 23.8 Å². The highest BCUT2D eigenvalue weighted by Crippen LogP contribution is 2.19. The van der Waals surface area contributed by atoms with Gasteiger partial charge in [-0.1, -0.05) is 12.2 Å². The molecule has 1 heterocycles. The minimum atomic E-state index is -0.0659. The van der Waals surface area contributed by atoms with Gasteiger partial charge in [0.1, 0.15) is 0 Å². The molecule has 0 radical (unpaired) electrons. The van der Waals surface area contributed by atoms with Gasteiger partial charge in [0.25, 0.3) is 0 Å². The molecular formula is C13H21N3O2. The molecule has 2 atom stereocenters. The van der Waals surface area contributed by atoms with Crippen LogP contribution in [0.25, 0.3) is 0 Å². The molecule has 2 rings (SSSR count). The standard InChI is InChI=1S/C13H21N3O2/c1-10(17)15-5-2-6-16(8-7-15)13(18)11-3-4-12(14)9-11/h3-4,11-12H,2,5-9,14H2,1H3. The molecule has 1 aliphatic heterocycles. The summed E-state index contributed by atoms with van der Waals surface area (Å²) < 4.78 is 0. The Morgan fingerprint density at radius 2 is 1.78 bits per heavy atom. The number of amides is 2. The van der Waals surface area contributed by atoms with Crippen molar-refractivity contribution in [3.05, 3.63) is 12.2 Å². The van der Waals surface area contributed by atoms with E-state index in [0.717, 1.165) is 19.5 Å². The molecule has 2 amide bonds. The number of hydrogen-bond acceptors (Lipinski definition) is 3. The fourth-order valence-electron chi connectivity index (χ4n) is 2.60. The molecule has 1 fully saturated rings. The number of rotatable bonds is 1. The fraction of sp³-hybridized carbons (Fsp3) is 0.692. The van der Waals surface area contributed by atoms with E-state index in [0.29, 0.717) is 19.5 Å². The van der Waals surface area contributed by atoms with Gasteiger partial charge in [0.2, 0.25) is 11.8 Å². The first-order valence-corrected chi connectivity index (χ1v) is 6.56. The highest BCUT2D eigenvalue weighted by Gasteiger charge is 2.28. The monoisotopic (exact) mass is 251 g/mol. The number of carbonyl (C=O) groups is 2. The van der Waals surface area contributed by atoms with Gasteiger partial charge >= 0.3 is 0 Å². The molecule has 0 aromatic carbocycles. The van der Waals surface area contributed by atoms with Crippen LogP contribution in [-0.4, -0.2) is 53.8 Å². The third-order valence-corrected chi connectivity index (χ3v) is 3.69. The molecule has 2 N–H and O–H groups in total. The summed E-state index contributed by atoms with van der Waals surface area (Å²) in [5.74, 6) is 0.181. The van der Waals surface area contributed by atoms with Gasteiger partial charge in [-0.25, -0.2) is 0 Å². The molecule has 5 nitrogen and oxygen atoms in total. The Morgan fingerprint density at radius 1 is 1.11 bits per heavy atom. The molecule has 0 saturated carbocycles. The van der Waals surface area contributed by atoms with Crippen molar-refractivity contribution in [1.29, 1.82) is 0 Å². The van der Waals surface area contributed by atoms with Gasteiger partial charge in [0, 0.05) is 39.1 Å². The first-order valence-electron chi connectivity index (χ1n) is 6.56. The number of carbonyl (C=O) groups excluding carboxylic acids is 2. The third-order valence-electron chi connectivity index (χ3n) is 3.69. The SMILES string of the molecule is CC(=O)N1CCCN(C(=O)C2C=CC(N)C2)CC1. The highest BCUT2D eigenvalue weighted by molar-refractivity contribution is 5.81. The van der Waals surface area contributed by atoms with Crippen LogP contribution < -0.4 is 5.73 Å². The predicted molar refractivity (Wildman–Crippen MR) is 68.7 cm³/mol. The largest absolute Gasteiger partial charge is 0.341 e. The average Bonchev–Trinajstić information content (AvgIpc) is 2.63. The van der Waals surface area contributed by atoms with E-state index in [1.165, 1.54) is 0 Å². The van der Waals surface area contributed by atoms with Crippen molar-refractivity contribution in [3.63, 3.8) is 0 Å². The van der Waals surface area contributed by atoms with Crippen LogP contribution in [0.3, 0.4) is 0 Å². The lowest BCUT2D eigenvalue weighted by molar-refractivity contribution is -0.134. The van der Waals surface area contributed by atoms with Crippen molar-refractivity contribution < 1.29 is 9.59 Å². The van der Waals surface area contributed by atoms with Crippen LogP contribution in [0.1, 0.15) is 19.8 Å². The van der Waals surface area contributed by atoms with Gasteiger partial charge in [-0.2, -0.15) is 0 Å². The first kappa shape index (κ1) is 13.1. The Balaban J connectivity index is 1.92. The zero-order valence-electron chi connectivity index (χ0n) is 10.8. The minimum absolute atomic E-state index is 0.0136. The fourth-order valence-corrected chi connectivity index (χ4v) is 2.60. The van der Waals surface area contributed by atoms with E-state index in [1.807, 2.05) is 22.0 Å². The van der Waals surface area contributed by atoms with Crippen molar-refractivity contribution in [2.75, 3.05) is 26.2 Å². The first-order chi connectivity index (χ1) is 8.58. The summed E-state index contributed by atoms with van der Waals surface area (Å²) in [5, 5.41) is 0. The topological polar surface area (TPSA) is 66.6 Å². The second-order valence-electron chi connectivity index (χ2n) is 5.08. The molecule has 1 aliphatic carbocycles. The van der Waals surface area contributed by atoms with Gasteiger partial charge in [-0.3, -0.25) is 9.59 Å². The van der Waals surface area contributed by atoms with Crippen LogP contribution in [0.4, 0.5) is 0 Å². The van der Waals surface area contributed by atoms with Crippen LogP contribution in [0.15, 0.2) is 12.2 Å². The lowest BCUT2D eigenvalue weighted by Gasteiger charge is -2.24. The van der Waals surface area contributed by atoms with Gasteiger partial charge in [-0.05, 0) is 12.8 Å². The molecule has 0 spiro atoms. The molecule has 2 aliphatic rings. The van der Waals surface area contributed by atoms with Gasteiger partial charge in [-0.15, -0.1) is 0 Å². The van der Waals surface area contributed by atoms with Crippen molar-refractivity contribution in [2.45, 2.75) is 25.8 Å². The summed E-state index contributed by atoms with van der Waals surface area (Å²) in [4.78, 5) is 27.3. The lowest BCUT2D eigenvalue weighted by atomic mass is 10.1. The van der Waals surface area contributed by atoms with Crippen molar-refractivity contribution in [3.8, 4) is 0 Å². The molecule has 18 heavy (non-hydrogen) atoms. The summed E-state index contributed by atoms with van der Waals surface area (Å²) in [5.41, 5.74) is 5.77. The van der Waals surface area contributed by atoms with E-state index >= 15 is 0 Å². The number of hydrogen-bond donors (Lipinski definition) is 1. The Bertz CT molecular complexity index is 367. The second-order valence-corrected chi connectivity index (χ2v) is 5.08. The Morgan fingerprint density at radius 3 is 2.39 bits per heavy atom. The van der Waals surface area contributed by atoms with Gasteiger partial charge < -0.3 is 15.5 Å². The second kappa shape index (κ2) is 5.52. The summed E-state index contributed by atoms with van der Waals surface area (Å²) in [6.07, 6.45) is 5.39. The third kappa shape index (κ3) is 2.90. The van der Waals surface area contributed by atoms with Crippen LogP contribution in [0.5, 0.6) is 0 Å². The van der Waals surface area contributed by atoms with Crippen LogP contribution in [-0.2, 0) is 9.59 Å². The number of nitrogens with two attached hydrogens (primary N) is 1. The zero-order valence-corrected chi connectivity index (χ0v) is 10.8. The quantitative estimate of drug-likeness (QED) is 0.666. The van der Waals surface area contributed by atoms with E-state index in [4.69, 9.17) is 5.73 Å². The van der Waals surface area contributed by atoms with E-state index in [9.17, 15) is 9.59 Å². The average molecular weight is 251 g/mol. The Kier molecular flexibility index (Phi) is 4.01. The highest BCUT2D eigenvalue weighted by atomic mass is 16.2. The summed E-state index contributed by atoms with van der Waals surface area (Å²) in [6, 6.07) is 0.0136. The molecule has 0 aromatic rings. The molecule has 0 aromatic heterocycles. The molecule has 5 heteroatoms. The van der Waals surface area contributed by atoms with Crippen LogP contribution in [0.2, 0.25) is 0 Å². The normalized spacial score (nSPS) is 28.3. The smallest absolute Gasteiger partial charge is 0.229 e. The molecule has 2 unspecified atom stereocenters. The molecular weight excluding hydrogens is 230 g/mol. The van der Waals surface area contributed by atoms with Crippen LogP contribution in [0, 0.1) is 5.92 Å². The van der Waals surface area contributed by atoms with E-state index < -0.39 is 0 Å². The van der Waals surface area contributed by atoms with Crippen molar-refractivity contribution in [2.24, 2.45) is 11.7 Å². The summed E-state index contributed by atoms with van der Waals surface area (Å²) in [7, 11) is 0. The molecule has 100 valence electrons. The Labute approximate surface area is 108 Å². The Hall–Kier alpha value is -1.36. The van der Waals surface area contributed by atoms with E-state index in [1.54, 1.807) is 6.92 Å². The molecule has 1 saturated heterocycles. The van der Waals surface area contributed by atoms with Crippen LogP contribution >= 0.6 is 0 Å². The maximum Gasteiger partial charge on any atom is 0.229 e. The minimum Gasteiger partial charge on any atom is -0.341 e. The van der Waals surface area contributed by atoms with Crippen molar-refractivity contribution >= 4 is 11.8 Å². The summed E-state index contributed by atoms with van der Waals surface area (Å²) >= 11 is 0. The zero-order chi connectivity index (χ0) is 13.1. The predicted octanol–water partition coefficient (Wildman–Crippen LogP) is -0.0294. The van der Waals surface area contributed by atoms with Gasteiger partial charge in [0.05, 0.1) is 5.92 Å². The maximum absolute atomic E-state index is 12.3. The lowest BCUT2D eigenvalue weighted by Crippen LogP contribution is -2.39. The van der Waals surface area contributed by atoms with Gasteiger partial charge in [0.15, 0.2) is 0 Å². The van der Waals surface area contributed by atoms with Crippen molar-refractivity contribution in [1.82, 2.24) is 9.80 Å². The van der Waals surface area contributed by atoms with E-state index in [2.05, 4.69) is 0 Å². The summed E-state index contributed by atoms with van der Waals surface area (Å²) in [6.45, 7) is 4.35.